The molecule has 7 heteroatoms. The van der Waals surface area contributed by atoms with Gasteiger partial charge < -0.3 is 8.98 Å². The molecule has 0 unspecified atom stereocenters. The van der Waals surface area contributed by atoms with E-state index < -0.39 is 0 Å². The number of nitrogens with zero attached hydrogens (tertiary/aromatic N) is 4. The second-order valence-corrected chi connectivity index (χ2v) is 18.0. The predicted octanol–water partition coefficient (Wildman–Crippen LogP) is 15.8. The fourth-order valence-corrected chi connectivity index (χ4v) is 12.1. The average molecular weight is 827 g/mol. The number of furan rings is 1. The van der Waals surface area contributed by atoms with Crippen molar-refractivity contribution in [2.75, 3.05) is 0 Å². The highest BCUT2D eigenvalue weighted by molar-refractivity contribution is 7.26. The fourth-order valence-electron chi connectivity index (χ4n) is 9.68. The van der Waals surface area contributed by atoms with E-state index in [-0.39, 0.29) is 0 Å². The van der Waals surface area contributed by atoms with Crippen molar-refractivity contribution in [1.29, 1.82) is 0 Å². The Morgan fingerprint density at radius 2 is 0.919 bits per heavy atom. The molecule has 0 bridgehead atoms. The first-order chi connectivity index (χ1) is 30.7. The standard InChI is InChI=1S/C55H30N4OS2/c1-2-14-32-30-45-42(29-31(32)13-1)33-15-3-7-23-43(33)59(45)44-28-27-39(49-38-18-4-8-24-46(38)60-50(44)49)53-56-54(40-21-11-19-36-34-16-5-9-25-47(34)61-51(36)40)58-55(57-53)41-22-12-20-37-35-17-6-10-26-48(35)62-52(37)41/h1-30H. The molecule has 62 heavy (non-hydrogen) atoms. The lowest BCUT2D eigenvalue weighted by molar-refractivity contribution is 0.666. The van der Waals surface area contributed by atoms with Crippen molar-refractivity contribution in [3.05, 3.63) is 182 Å². The van der Waals surface area contributed by atoms with Gasteiger partial charge in [-0.2, -0.15) is 0 Å². The van der Waals surface area contributed by atoms with Crippen LogP contribution in [0.4, 0.5) is 0 Å². The Morgan fingerprint density at radius 3 is 1.60 bits per heavy atom. The molecule has 5 nitrogen and oxygen atoms in total. The number of hydrogen-bond donors (Lipinski definition) is 0. The number of fused-ring (bicyclic) bond motifs is 13. The van der Waals surface area contributed by atoms with Crippen molar-refractivity contribution in [2.24, 2.45) is 0 Å². The van der Waals surface area contributed by atoms with Gasteiger partial charge in [0.1, 0.15) is 5.58 Å². The first-order valence-corrected chi connectivity index (χ1v) is 22.3. The quantitative estimate of drug-likeness (QED) is 0.177. The fraction of sp³-hybridized carbons (Fsp3) is 0. The van der Waals surface area contributed by atoms with E-state index >= 15 is 0 Å². The molecule has 0 aliphatic heterocycles. The van der Waals surface area contributed by atoms with E-state index in [2.05, 4.69) is 180 Å². The van der Waals surface area contributed by atoms with Crippen molar-refractivity contribution in [1.82, 2.24) is 19.5 Å². The van der Waals surface area contributed by atoms with Crippen molar-refractivity contribution < 1.29 is 4.42 Å². The summed E-state index contributed by atoms with van der Waals surface area (Å²) >= 11 is 3.57. The molecule has 5 aromatic heterocycles. The van der Waals surface area contributed by atoms with Gasteiger partial charge in [-0.25, -0.2) is 15.0 Å². The molecule has 0 saturated heterocycles. The summed E-state index contributed by atoms with van der Waals surface area (Å²) in [5.74, 6) is 1.87. The highest BCUT2D eigenvalue weighted by Gasteiger charge is 2.24. The lowest BCUT2D eigenvalue weighted by Crippen LogP contribution is -2.01. The summed E-state index contributed by atoms with van der Waals surface area (Å²) in [5, 5.41) is 11.6. The third-order valence-corrected chi connectivity index (χ3v) is 14.9. The van der Waals surface area contributed by atoms with E-state index in [0.29, 0.717) is 17.5 Å². The molecule has 9 aromatic carbocycles. The molecule has 0 radical (unpaired) electrons. The van der Waals surface area contributed by atoms with Crippen LogP contribution < -0.4 is 0 Å². The van der Waals surface area contributed by atoms with Crippen LogP contribution in [0.25, 0.3) is 135 Å². The van der Waals surface area contributed by atoms with Crippen LogP contribution in [0.3, 0.4) is 0 Å². The molecule has 0 aliphatic carbocycles. The summed E-state index contributed by atoms with van der Waals surface area (Å²) in [6.45, 7) is 0. The smallest absolute Gasteiger partial charge is 0.165 e. The van der Waals surface area contributed by atoms with Crippen molar-refractivity contribution in [2.45, 2.75) is 0 Å². The summed E-state index contributed by atoms with van der Waals surface area (Å²) in [4.78, 5) is 16.3. The molecule has 288 valence electrons. The number of benzene rings is 9. The molecule has 0 spiro atoms. The van der Waals surface area contributed by atoms with Crippen LogP contribution in [0.15, 0.2) is 186 Å². The molecule has 0 fully saturated rings. The van der Waals surface area contributed by atoms with Gasteiger partial charge in [-0.3, -0.25) is 0 Å². The summed E-state index contributed by atoms with van der Waals surface area (Å²) in [6.07, 6.45) is 0. The van der Waals surface area contributed by atoms with Crippen LogP contribution in [0.2, 0.25) is 0 Å². The largest absolute Gasteiger partial charge is 0.454 e. The second kappa shape index (κ2) is 12.9. The number of rotatable bonds is 4. The maximum Gasteiger partial charge on any atom is 0.165 e. The minimum Gasteiger partial charge on any atom is -0.454 e. The van der Waals surface area contributed by atoms with Gasteiger partial charge in [0, 0.05) is 78.6 Å². The predicted molar refractivity (Wildman–Crippen MR) is 261 cm³/mol. The molecule has 0 aliphatic rings. The number of hydrogen-bond acceptors (Lipinski definition) is 6. The lowest BCUT2D eigenvalue weighted by Gasteiger charge is -2.13. The Bertz CT molecular complexity index is 4060. The van der Waals surface area contributed by atoms with Gasteiger partial charge in [0.15, 0.2) is 23.1 Å². The van der Waals surface area contributed by atoms with Gasteiger partial charge >= 0.3 is 0 Å². The van der Waals surface area contributed by atoms with Crippen molar-refractivity contribution in [3.63, 3.8) is 0 Å². The zero-order valence-electron chi connectivity index (χ0n) is 32.8. The first-order valence-electron chi connectivity index (χ1n) is 20.7. The topological polar surface area (TPSA) is 56.7 Å². The van der Waals surface area contributed by atoms with Gasteiger partial charge in [-0.05, 0) is 71.4 Å². The Labute approximate surface area is 361 Å². The molecule has 14 aromatic rings. The summed E-state index contributed by atoms with van der Waals surface area (Å²) in [6, 6.07) is 64.7. The first kappa shape index (κ1) is 34.0. The third kappa shape index (κ3) is 4.86. The molecule has 5 heterocycles. The van der Waals surface area contributed by atoms with Crippen LogP contribution >= 0.6 is 22.7 Å². The van der Waals surface area contributed by atoms with Gasteiger partial charge in [0.05, 0.1) is 16.7 Å². The summed E-state index contributed by atoms with van der Waals surface area (Å²) in [7, 11) is 0. The zero-order valence-corrected chi connectivity index (χ0v) is 34.5. The minimum atomic E-state index is 0.595. The van der Waals surface area contributed by atoms with E-state index in [1.807, 2.05) is 6.07 Å². The number of thiophene rings is 2. The lowest BCUT2D eigenvalue weighted by atomic mass is 10.0. The Balaban J connectivity index is 1.08. The number of aromatic nitrogens is 4. The molecular weight excluding hydrogens is 797 g/mol. The average Bonchev–Trinajstić information content (AvgIpc) is 4.10. The molecular formula is C55H30N4OS2. The molecule has 14 rings (SSSR count). The van der Waals surface area contributed by atoms with E-state index in [9.17, 15) is 0 Å². The zero-order chi connectivity index (χ0) is 40.5. The Kier molecular flexibility index (Phi) is 7.08. The second-order valence-electron chi connectivity index (χ2n) is 15.9. The monoisotopic (exact) mass is 826 g/mol. The molecule has 0 N–H and O–H groups in total. The highest BCUT2D eigenvalue weighted by Crippen LogP contribution is 2.45. The van der Waals surface area contributed by atoms with Gasteiger partial charge in [0.2, 0.25) is 0 Å². The Hall–Kier alpha value is -7.71. The molecule has 0 atom stereocenters. The van der Waals surface area contributed by atoms with E-state index in [4.69, 9.17) is 19.4 Å². The van der Waals surface area contributed by atoms with E-state index in [1.165, 1.54) is 52.5 Å². The van der Waals surface area contributed by atoms with E-state index in [1.54, 1.807) is 22.7 Å². The minimum absolute atomic E-state index is 0.595. The molecule has 0 amide bonds. The SMILES string of the molecule is c1ccc2cc3c(cc2c1)c1ccccc1n3-c1ccc(-c2nc(-c3cccc4c3sc3ccccc34)nc(-c3cccc4c3sc3ccccc34)n2)c2c1oc1ccccc12. The van der Waals surface area contributed by atoms with Crippen LogP contribution in [0.5, 0.6) is 0 Å². The summed E-state index contributed by atoms with van der Waals surface area (Å²) in [5.41, 5.74) is 7.64. The van der Waals surface area contributed by atoms with Crippen molar-refractivity contribution in [3.8, 4) is 39.9 Å². The normalized spacial score (nSPS) is 12.2. The van der Waals surface area contributed by atoms with Crippen LogP contribution in [0, 0.1) is 0 Å². The van der Waals surface area contributed by atoms with Crippen LogP contribution in [0.1, 0.15) is 0 Å². The van der Waals surface area contributed by atoms with Gasteiger partial charge in [-0.1, -0.05) is 121 Å². The third-order valence-electron chi connectivity index (χ3n) is 12.5. The maximum atomic E-state index is 6.98. The Morgan fingerprint density at radius 1 is 0.387 bits per heavy atom. The van der Waals surface area contributed by atoms with Crippen molar-refractivity contribution >= 4 is 118 Å². The highest BCUT2D eigenvalue weighted by atomic mass is 32.1. The number of para-hydroxylation sites is 2. The van der Waals surface area contributed by atoms with Crippen LogP contribution in [-0.2, 0) is 0 Å². The van der Waals surface area contributed by atoms with Crippen LogP contribution in [-0.4, -0.2) is 19.5 Å². The summed E-state index contributed by atoms with van der Waals surface area (Å²) < 4.78 is 14.1. The molecule has 0 saturated carbocycles. The van der Waals surface area contributed by atoms with E-state index in [0.717, 1.165) is 64.7 Å². The maximum absolute atomic E-state index is 6.98. The van der Waals surface area contributed by atoms with Gasteiger partial charge in [-0.15, -0.1) is 22.7 Å². The van der Waals surface area contributed by atoms with Gasteiger partial charge in [0.25, 0.3) is 0 Å².